The highest BCUT2D eigenvalue weighted by Crippen LogP contribution is 2.26. The third-order valence-corrected chi connectivity index (χ3v) is 4.23. The van der Waals surface area contributed by atoms with Crippen molar-refractivity contribution >= 4 is 0 Å². The molecule has 0 unspecified atom stereocenters. The number of imidazole rings is 1. The van der Waals surface area contributed by atoms with Crippen LogP contribution < -0.4 is 10.1 Å². The van der Waals surface area contributed by atoms with Crippen LogP contribution in [0.4, 0.5) is 0 Å². The molecule has 0 bridgehead atoms. The predicted octanol–water partition coefficient (Wildman–Crippen LogP) is 3.26. The second-order valence-electron chi connectivity index (χ2n) is 6.27. The second-order valence-corrected chi connectivity index (χ2v) is 6.27. The quantitative estimate of drug-likeness (QED) is 0.592. The zero-order chi connectivity index (χ0) is 18.9. The van der Waals surface area contributed by atoms with E-state index in [1.54, 1.807) is 12.3 Å². The molecule has 138 valence electrons. The minimum Gasteiger partial charge on any atom is -0.468 e. The molecule has 6 nitrogen and oxygen atoms in total. The van der Waals surface area contributed by atoms with Crippen molar-refractivity contribution in [1.29, 1.82) is 5.26 Å². The number of nitrogens with one attached hydrogen (secondary N) is 1. The molecule has 0 aliphatic heterocycles. The topological polar surface area (TPSA) is 75.8 Å². The molecule has 6 heteroatoms. The van der Waals surface area contributed by atoms with Crippen molar-refractivity contribution in [2.24, 2.45) is 0 Å². The predicted molar refractivity (Wildman–Crippen MR) is 103 cm³/mol. The fourth-order valence-corrected chi connectivity index (χ4v) is 2.79. The summed E-state index contributed by atoms with van der Waals surface area (Å²) in [5.41, 5.74) is 2.35. The molecule has 2 aromatic heterocycles. The lowest BCUT2D eigenvalue weighted by atomic mass is 10.1. The number of benzene rings is 1. The van der Waals surface area contributed by atoms with E-state index in [0.29, 0.717) is 11.4 Å². The summed E-state index contributed by atoms with van der Waals surface area (Å²) in [6.45, 7) is 4.41. The number of nitrogens with zero attached hydrogens (tertiary/aromatic N) is 4. The van der Waals surface area contributed by atoms with Gasteiger partial charge in [-0.2, -0.15) is 5.26 Å². The number of hydrogen-bond acceptors (Lipinski definition) is 5. The van der Waals surface area contributed by atoms with E-state index in [1.807, 2.05) is 60.4 Å². The van der Waals surface area contributed by atoms with Gasteiger partial charge in [-0.15, -0.1) is 0 Å². The standard InChI is InChI=1S/C21H23N5O/c1-17-7-8-19(15-22)21(25-17)27-20(18-5-3-2-4-6-18)9-10-23-11-13-26-14-12-24-16-26/h2-8,12,14,16,20,23H,9-11,13H2,1H3/t20-/m1/s1. The summed E-state index contributed by atoms with van der Waals surface area (Å²) in [6.07, 6.45) is 6.14. The van der Waals surface area contributed by atoms with Gasteiger partial charge in [-0.05, 0) is 31.2 Å². The average Bonchev–Trinajstić information content (AvgIpc) is 3.21. The number of aryl methyl sites for hydroxylation is 1. The van der Waals surface area contributed by atoms with E-state index in [9.17, 15) is 5.26 Å². The highest BCUT2D eigenvalue weighted by Gasteiger charge is 2.16. The van der Waals surface area contributed by atoms with Crippen LogP contribution in [0.25, 0.3) is 0 Å². The van der Waals surface area contributed by atoms with Gasteiger partial charge in [0.05, 0.1) is 6.33 Å². The largest absolute Gasteiger partial charge is 0.468 e. The first-order chi connectivity index (χ1) is 13.3. The van der Waals surface area contributed by atoms with E-state index in [2.05, 4.69) is 21.4 Å². The molecule has 0 fully saturated rings. The van der Waals surface area contributed by atoms with E-state index < -0.39 is 0 Å². The number of ether oxygens (including phenoxy) is 1. The molecular formula is C21H23N5O. The Balaban J connectivity index is 1.63. The van der Waals surface area contributed by atoms with Crippen molar-refractivity contribution in [2.75, 3.05) is 13.1 Å². The normalized spacial score (nSPS) is 11.7. The minimum atomic E-state index is -0.173. The molecule has 1 N–H and O–H groups in total. The van der Waals surface area contributed by atoms with Gasteiger partial charge in [0.25, 0.3) is 0 Å². The molecule has 0 saturated heterocycles. The van der Waals surface area contributed by atoms with Gasteiger partial charge in [0.2, 0.25) is 5.88 Å². The molecule has 3 aromatic rings. The summed E-state index contributed by atoms with van der Waals surface area (Å²) < 4.78 is 8.20. The highest BCUT2D eigenvalue weighted by atomic mass is 16.5. The number of hydrogen-bond donors (Lipinski definition) is 1. The van der Waals surface area contributed by atoms with Crippen molar-refractivity contribution in [3.63, 3.8) is 0 Å². The third-order valence-electron chi connectivity index (χ3n) is 4.23. The number of nitriles is 1. The van der Waals surface area contributed by atoms with Gasteiger partial charge in [-0.25, -0.2) is 9.97 Å². The molecule has 1 atom stereocenters. The Hall–Kier alpha value is -3.17. The molecule has 27 heavy (non-hydrogen) atoms. The first kappa shape index (κ1) is 18.6. The Labute approximate surface area is 159 Å². The molecule has 0 saturated carbocycles. The fraction of sp³-hybridized carbons (Fsp3) is 0.286. The van der Waals surface area contributed by atoms with Gasteiger partial charge < -0.3 is 14.6 Å². The molecule has 0 amide bonds. The molecule has 0 aliphatic carbocycles. The first-order valence-electron chi connectivity index (χ1n) is 9.02. The van der Waals surface area contributed by atoms with Gasteiger partial charge in [-0.1, -0.05) is 30.3 Å². The molecule has 0 radical (unpaired) electrons. The maximum atomic E-state index is 9.34. The van der Waals surface area contributed by atoms with Gasteiger partial charge in [0.15, 0.2) is 0 Å². The average molecular weight is 361 g/mol. The summed E-state index contributed by atoms with van der Waals surface area (Å²) >= 11 is 0. The summed E-state index contributed by atoms with van der Waals surface area (Å²) in [6, 6.07) is 15.8. The lowest BCUT2D eigenvalue weighted by Gasteiger charge is -2.20. The molecule has 3 rings (SSSR count). The number of aromatic nitrogens is 3. The Morgan fingerprint density at radius 1 is 1.19 bits per heavy atom. The van der Waals surface area contributed by atoms with E-state index in [4.69, 9.17) is 4.74 Å². The van der Waals surface area contributed by atoms with Crippen molar-refractivity contribution in [1.82, 2.24) is 19.9 Å². The van der Waals surface area contributed by atoms with Crippen LogP contribution in [0.5, 0.6) is 5.88 Å². The summed E-state index contributed by atoms with van der Waals surface area (Å²) in [5.74, 6) is 0.393. The lowest BCUT2D eigenvalue weighted by Crippen LogP contribution is -2.23. The summed E-state index contributed by atoms with van der Waals surface area (Å²) in [5, 5.41) is 12.8. The van der Waals surface area contributed by atoms with E-state index >= 15 is 0 Å². The number of pyridine rings is 1. The van der Waals surface area contributed by atoms with Crippen LogP contribution in [0.1, 0.15) is 29.3 Å². The first-order valence-corrected chi connectivity index (χ1v) is 9.02. The SMILES string of the molecule is Cc1ccc(C#N)c(O[C@H](CCNCCn2ccnc2)c2ccccc2)n1. The Morgan fingerprint density at radius 2 is 2.04 bits per heavy atom. The van der Waals surface area contributed by atoms with Crippen molar-refractivity contribution in [2.45, 2.75) is 26.0 Å². The minimum absolute atomic E-state index is 0.173. The van der Waals surface area contributed by atoms with Crippen molar-refractivity contribution in [3.8, 4) is 11.9 Å². The number of rotatable bonds is 9. The molecular weight excluding hydrogens is 338 g/mol. The lowest BCUT2D eigenvalue weighted by molar-refractivity contribution is 0.185. The van der Waals surface area contributed by atoms with Crippen LogP contribution in [-0.4, -0.2) is 27.6 Å². The molecule has 2 heterocycles. The van der Waals surface area contributed by atoms with Gasteiger partial charge in [0, 0.05) is 37.6 Å². The van der Waals surface area contributed by atoms with E-state index in [0.717, 1.165) is 37.3 Å². The maximum absolute atomic E-state index is 9.34. The summed E-state index contributed by atoms with van der Waals surface area (Å²) in [4.78, 5) is 8.45. The zero-order valence-corrected chi connectivity index (χ0v) is 15.4. The van der Waals surface area contributed by atoms with Crippen molar-refractivity contribution in [3.05, 3.63) is 78.0 Å². The van der Waals surface area contributed by atoms with Crippen LogP contribution in [0.3, 0.4) is 0 Å². The third kappa shape index (κ3) is 5.40. The van der Waals surface area contributed by atoms with Gasteiger partial charge in [0.1, 0.15) is 17.7 Å². The zero-order valence-electron chi connectivity index (χ0n) is 15.4. The smallest absolute Gasteiger partial charge is 0.232 e. The Morgan fingerprint density at radius 3 is 2.78 bits per heavy atom. The van der Waals surface area contributed by atoms with Gasteiger partial charge in [-0.3, -0.25) is 0 Å². The molecule has 0 aliphatic rings. The summed E-state index contributed by atoms with van der Waals surface area (Å²) in [7, 11) is 0. The maximum Gasteiger partial charge on any atom is 0.232 e. The molecule has 1 aromatic carbocycles. The van der Waals surface area contributed by atoms with Crippen LogP contribution in [0, 0.1) is 18.3 Å². The van der Waals surface area contributed by atoms with Crippen LogP contribution in [0.15, 0.2) is 61.2 Å². The second kappa shape index (κ2) is 9.51. The van der Waals surface area contributed by atoms with Crippen LogP contribution in [-0.2, 0) is 6.54 Å². The monoisotopic (exact) mass is 361 g/mol. The fourth-order valence-electron chi connectivity index (χ4n) is 2.79. The van der Waals surface area contributed by atoms with Crippen LogP contribution >= 0.6 is 0 Å². The van der Waals surface area contributed by atoms with Gasteiger partial charge >= 0.3 is 0 Å². The Bertz CT molecular complexity index is 871. The van der Waals surface area contributed by atoms with Crippen molar-refractivity contribution < 1.29 is 4.74 Å². The van der Waals surface area contributed by atoms with E-state index in [1.165, 1.54) is 0 Å². The Kier molecular flexibility index (Phi) is 6.55. The van der Waals surface area contributed by atoms with E-state index in [-0.39, 0.29) is 6.10 Å². The highest BCUT2D eigenvalue weighted by molar-refractivity contribution is 5.39. The van der Waals surface area contributed by atoms with Crippen LogP contribution in [0.2, 0.25) is 0 Å². The molecule has 0 spiro atoms.